The van der Waals surface area contributed by atoms with E-state index in [1.165, 1.54) is 24.3 Å². The van der Waals surface area contributed by atoms with Crippen molar-refractivity contribution in [3.8, 4) is 5.75 Å². The Balaban J connectivity index is 1.62. The highest BCUT2D eigenvalue weighted by Crippen LogP contribution is 2.31. The van der Waals surface area contributed by atoms with Crippen LogP contribution in [0.2, 0.25) is 0 Å². The van der Waals surface area contributed by atoms with Crippen LogP contribution in [0, 0.1) is 0 Å². The van der Waals surface area contributed by atoms with E-state index in [4.69, 9.17) is 17.0 Å². The fourth-order valence-electron chi connectivity index (χ4n) is 3.02. The number of benzene rings is 3. The van der Waals surface area contributed by atoms with E-state index < -0.39 is 23.6 Å². The van der Waals surface area contributed by atoms with Crippen LogP contribution in [0.1, 0.15) is 39.6 Å². The minimum Gasteiger partial charge on any atom is -0.492 e. The molecule has 11 heteroatoms. The van der Waals surface area contributed by atoms with Crippen LogP contribution in [0.5, 0.6) is 5.75 Å². The minimum atomic E-state index is -4.52. The Morgan fingerprint density at radius 2 is 1.58 bits per heavy atom. The number of carbonyl (C=O) groups is 2. The molecule has 0 unspecified atom stereocenters. The molecule has 0 atom stereocenters. The van der Waals surface area contributed by atoms with Gasteiger partial charge >= 0.3 is 6.18 Å². The molecule has 0 radical (unpaired) electrons. The highest BCUT2D eigenvalue weighted by atomic mass is 79.9. The summed E-state index contributed by atoms with van der Waals surface area (Å²) in [4.78, 5) is 25.1. The van der Waals surface area contributed by atoms with Crippen molar-refractivity contribution in [2.45, 2.75) is 19.5 Å². The average molecular weight is 580 g/mol. The van der Waals surface area contributed by atoms with Gasteiger partial charge in [0.1, 0.15) is 5.75 Å². The maximum atomic E-state index is 12.9. The van der Waals surface area contributed by atoms with Gasteiger partial charge in [0.25, 0.3) is 11.8 Å². The molecule has 36 heavy (non-hydrogen) atoms. The molecule has 0 bridgehead atoms. The third-order valence-electron chi connectivity index (χ3n) is 4.71. The molecule has 0 saturated heterocycles. The molecule has 3 rings (SSSR count). The molecule has 0 spiro atoms. The molecular weight excluding hydrogens is 559 g/mol. The maximum absolute atomic E-state index is 12.9. The van der Waals surface area contributed by atoms with Gasteiger partial charge in [0.2, 0.25) is 0 Å². The van der Waals surface area contributed by atoms with Crippen molar-refractivity contribution >= 4 is 56.4 Å². The lowest BCUT2D eigenvalue weighted by molar-refractivity contribution is -0.137. The molecule has 3 aromatic carbocycles. The van der Waals surface area contributed by atoms with Crippen molar-refractivity contribution in [2.24, 2.45) is 0 Å². The highest BCUT2D eigenvalue weighted by molar-refractivity contribution is 9.10. The van der Waals surface area contributed by atoms with E-state index in [2.05, 4.69) is 31.9 Å². The number of hydrogen-bond acceptors (Lipinski definition) is 4. The first-order valence-corrected chi connectivity index (χ1v) is 11.9. The van der Waals surface area contributed by atoms with Gasteiger partial charge < -0.3 is 15.4 Å². The quantitative estimate of drug-likeness (QED) is 0.274. The molecule has 0 aliphatic rings. The van der Waals surface area contributed by atoms with Gasteiger partial charge in [-0.05, 0) is 89.2 Å². The molecule has 0 saturated carbocycles. The second kappa shape index (κ2) is 12.0. The first-order valence-electron chi connectivity index (χ1n) is 10.7. The number of hydrogen-bond donors (Lipinski definition) is 3. The number of amides is 2. The maximum Gasteiger partial charge on any atom is 0.416 e. The summed E-state index contributed by atoms with van der Waals surface area (Å²) in [6, 6.07) is 15.4. The number of halogens is 4. The van der Waals surface area contributed by atoms with Crippen LogP contribution >= 0.6 is 28.1 Å². The van der Waals surface area contributed by atoms with E-state index in [9.17, 15) is 22.8 Å². The average Bonchev–Trinajstić information content (AvgIpc) is 2.83. The molecular formula is C25H21BrF3N3O3S. The fraction of sp³-hybridized carbons (Fsp3) is 0.160. The molecule has 6 nitrogen and oxygen atoms in total. The third-order valence-corrected chi connectivity index (χ3v) is 5.54. The number of ether oxygens (including phenoxy) is 1. The molecule has 0 heterocycles. The Hall–Kier alpha value is -3.44. The van der Waals surface area contributed by atoms with Crippen LogP contribution in [0.25, 0.3) is 0 Å². The lowest BCUT2D eigenvalue weighted by Crippen LogP contribution is -2.34. The van der Waals surface area contributed by atoms with E-state index in [1.54, 1.807) is 30.3 Å². The number of carbonyl (C=O) groups excluding carboxylic acids is 2. The zero-order valence-electron chi connectivity index (χ0n) is 18.9. The van der Waals surface area contributed by atoms with E-state index in [0.717, 1.165) is 18.6 Å². The predicted octanol–water partition coefficient (Wildman–Crippen LogP) is 6.64. The normalized spacial score (nSPS) is 10.9. The summed E-state index contributed by atoms with van der Waals surface area (Å²) in [6.07, 6.45) is -3.67. The van der Waals surface area contributed by atoms with Gasteiger partial charge in [0, 0.05) is 22.5 Å². The summed E-state index contributed by atoms with van der Waals surface area (Å²) in [6.45, 7) is 2.54. The van der Waals surface area contributed by atoms with Crippen LogP contribution in [0.15, 0.2) is 71.2 Å². The Kier molecular flexibility index (Phi) is 9.05. The summed E-state index contributed by atoms with van der Waals surface area (Å²) in [5.41, 5.74) is 0.0731. The van der Waals surface area contributed by atoms with E-state index >= 15 is 0 Å². The van der Waals surface area contributed by atoms with E-state index in [-0.39, 0.29) is 16.4 Å². The first-order chi connectivity index (χ1) is 17.1. The summed E-state index contributed by atoms with van der Waals surface area (Å²) >= 11 is 8.58. The zero-order chi connectivity index (χ0) is 26.3. The topological polar surface area (TPSA) is 79.5 Å². The van der Waals surface area contributed by atoms with Crippen molar-refractivity contribution in [1.29, 1.82) is 0 Å². The van der Waals surface area contributed by atoms with Crippen molar-refractivity contribution in [3.63, 3.8) is 0 Å². The predicted molar refractivity (Wildman–Crippen MR) is 139 cm³/mol. The van der Waals surface area contributed by atoms with Gasteiger partial charge in [-0.3, -0.25) is 14.9 Å². The van der Waals surface area contributed by atoms with Gasteiger partial charge in [0.15, 0.2) is 5.11 Å². The number of anilines is 2. The van der Waals surface area contributed by atoms with Crippen LogP contribution in [-0.2, 0) is 6.18 Å². The molecule has 0 aliphatic carbocycles. The summed E-state index contributed by atoms with van der Waals surface area (Å²) in [7, 11) is 0. The van der Waals surface area contributed by atoms with Gasteiger partial charge in [-0.1, -0.05) is 19.1 Å². The smallest absolute Gasteiger partial charge is 0.416 e. The SMILES string of the molecule is CCCOc1ccc(C(=O)NC(=S)Nc2cccc(C(=O)Nc3cccc(C(F)(F)F)c3)c2)cc1Br. The van der Waals surface area contributed by atoms with Gasteiger partial charge in [-0.15, -0.1) is 0 Å². The minimum absolute atomic E-state index is 0.00197. The van der Waals surface area contributed by atoms with Crippen molar-refractivity contribution < 1.29 is 27.5 Å². The number of thiocarbonyl (C=S) groups is 1. The Bertz CT molecular complexity index is 1280. The highest BCUT2D eigenvalue weighted by Gasteiger charge is 2.30. The Labute approximate surface area is 219 Å². The lowest BCUT2D eigenvalue weighted by atomic mass is 10.1. The zero-order valence-corrected chi connectivity index (χ0v) is 21.3. The molecule has 0 aliphatic heterocycles. The molecule has 2 amide bonds. The van der Waals surface area contributed by atoms with Crippen molar-refractivity contribution in [2.75, 3.05) is 17.2 Å². The van der Waals surface area contributed by atoms with Gasteiger partial charge in [0.05, 0.1) is 16.6 Å². The lowest BCUT2D eigenvalue weighted by Gasteiger charge is -2.13. The van der Waals surface area contributed by atoms with Crippen LogP contribution < -0.4 is 20.7 Å². The van der Waals surface area contributed by atoms with Crippen LogP contribution in [0.4, 0.5) is 24.5 Å². The Morgan fingerprint density at radius 3 is 2.25 bits per heavy atom. The number of alkyl halides is 3. The second-order valence-corrected chi connectivity index (χ2v) is 8.78. The molecule has 188 valence electrons. The third kappa shape index (κ3) is 7.53. The molecule has 0 fully saturated rings. The van der Waals surface area contributed by atoms with Crippen LogP contribution in [-0.4, -0.2) is 23.5 Å². The standard InChI is InChI=1S/C25H21BrF3N3O3S/c1-2-11-35-21-10-9-16(13-20(21)26)23(34)32-24(36)31-18-7-3-5-15(12-18)22(33)30-19-8-4-6-17(14-19)25(27,28)29/h3-10,12-14H,2,11H2,1H3,(H,30,33)(H2,31,32,34,36). The summed E-state index contributed by atoms with van der Waals surface area (Å²) in [5.74, 6) is -0.439. The van der Waals surface area contributed by atoms with Gasteiger partial charge in [-0.25, -0.2) is 0 Å². The molecule has 0 aromatic heterocycles. The van der Waals surface area contributed by atoms with Crippen molar-refractivity contribution in [3.05, 3.63) is 87.9 Å². The number of nitrogens with one attached hydrogen (secondary N) is 3. The second-order valence-electron chi connectivity index (χ2n) is 7.52. The van der Waals surface area contributed by atoms with E-state index in [1.807, 2.05) is 6.92 Å². The van der Waals surface area contributed by atoms with Crippen molar-refractivity contribution in [1.82, 2.24) is 5.32 Å². The summed E-state index contributed by atoms with van der Waals surface area (Å²) in [5, 5.41) is 7.82. The van der Waals surface area contributed by atoms with Crippen LogP contribution in [0.3, 0.4) is 0 Å². The molecule has 3 aromatic rings. The Morgan fingerprint density at radius 1 is 0.917 bits per heavy atom. The van der Waals surface area contributed by atoms with Gasteiger partial charge in [-0.2, -0.15) is 13.2 Å². The molecule has 3 N–H and O–H groups in total. The monoisotopic (exact) mass is 579 g/mol. The van der Waals surface area contributed by atoms with E-state index in [0.29, 0.717) is 28.1 Å². The largest absolute Gasteiger partial charge is 0.492 e. The first kappa shape index (κ1) is 27.2. The number of rotatable bonds is 7. The summed E-state index contributed by atoms with van der Waals surface area (Å²) < 4.78 is 44.9. The fourth-order valence-corrected chi connectivity index (χ4v) is 3.73.